The van der Waals surface area contributed by atoms with Crippen LogP contribution in [0.2, 0.25) is 0 Å². The summed E-state index contributed by atoms with van der Waals surface area (Å²) < 4.78 is 50.5. The van der Waals surface area contributed by atoms with E-state index < -0.39 is 11.7 Å². The van der Waals surface area contributed by atoms with Crippen molar-refractivity contribution in [2.24, 2.45) is 0 Å². The minimum absolute atomic E-state index is 0.0189. The van der Waals surface area contributed by atoms with E-state index in [-0.39, 0.29) is 23.7 Å². The Bertz CT molecular complexity index is 741. The summed E-state index contributed by atoms with van der Waals surface area (Å²) in [5, 5.41) is 2.96. The van der Waals surface area contributed by atoms with E-state index in [1.54, 1.807) is 6.07 Å². The van der Waals surface area contributed by atoms with Gasteiger partial charge in [0.1, 0.15) is 6.10 Å². The van der Waals surface area contributed by atoms with Crippen molar-refractivity contribution in [3.05, 3.63) is 35.4 Å². The molecule has 2 atom stereocenters. The van der Waals surface area contributed by atoms with Crippen LogP contribution in [-0.2, 0) is 27.0 Å². The van der Waals surface area contributed by atoms with Gasteiger partial charge in [-0.25, -0.2) is 0 Å². The quantitative estimate of drug-likeness (QED) is 0.783. The van der Waals surface area contributed by atoms with Crippen LogP contribution in [0.15, 0.2) is 24.3 Å². The lowest BCUT2D eigenvalue weighted by atomic mass is 9.88. The Morgan fingerprint density at radius 3 is 2.70 bits per heavy atom. The first kappa shape index (κ1) is 21.6. The van der Waals surface area contributed by atoms with Gasteiger partial charge in [-0.3, -0.25) is 9.69 Å². The number of ether oxygens (including phenoxy) is 2. The van der Waals surface area contributed by atoms with E-state index >= 15 is 0 Å². The molecule has 8 heteroatoms. The maximum Gasteiger partial charge on any atom is 0.416 e. The molecule has 166 valence electrons. The zero-order valence-corrected chi connectivity index (χ0v) is 17.0. The van der Waals surface area contributed by atoms with Crippen LogP contribution in [0, 0.1) is 0 Å². The second-order valence-electron chi connectivity index (χ2n) is 8.68. The second-order valence-corrected chi connectivity index (χ2v) is 8.68. The minimum atomic E-state index is -4.31. The summed E-state index contributed by atoms with van der Waals surface area (Å²) in [7, 11) is 0. The molecule has 0 bridgehead atoms. The number of nitrogens with one attached hydrogen (secondary N) is 1. The molecule has 0 saturated carbocycles. The Hall–Kier alpha value is -1.64. The Kier molecular flexibility index (Phi) is 6.36. The smallest absolute Gasteiger partial charge is 0.370 e. The average molecular weight is 426 g/mol. The number of likely N-dealkylation sites (tertiary alicyclic amines) is 1. The number of rotatable bonds is 5. The third kappa shape index (κ3) is 5.15. The highest BCUT2D eigenvalue weighted by atomic mass is 19.4. The van der Waals surface area contributed by atoms with Gasteiger partial charge in [0.15, 0.2) is 0 Å². The number of halogens is 3. The molecule has 0 radical (unpaired) electrons. The van der Waals surface area contributed by atoms with Crippen LogP contribution in [0.3, 0.4) is 0 Å². The molecule has 1 amide bonds. The first-order valence-electron chi connectivity index (χ1n) is 10.8. The molecule has 1 aromatic rings. The molecule has 4 rings (SSSR count). The Balaban J connectivity index is 1.23. The van der Waals surface area contributed by atoms with E-state index in [2.05, 4.69) is 10.2 Å². The molecular formula is C22H29F3N2O3. The van der Waals surface area contributed by atoms with Gasteiger partial charge in [0.2, 0.25) is 5.91 Å². The molecule has 3 aliphatic heterocycles. The van der Waals surface area contributed by atoms with Crippen molar-refractivity contribution in [3.63, 3.8) is 0 Å². The van der Waals surface area contributed by atoms with Crippen molar-refractivity contribution < 1.29 is 27.4 Å². The van der Waals surface area contributed by atoms with E-state index in [9.17, 15) is 18.0 Å². The van der Waals surface area contributed by atoms with Crippen LogP contribution < -0.4 is 5.32 Å². The van der Waals surface area contributed by atoms with Crippen molar-refractivity contribution >= 4 is 5.91 Å². The van der Waals surface area contributed by atoms with Crippen LogP contribution >= 0.6 is 0 Å². The number of benzene rings is 1. The Labute approximate surface area is 174 Å². The number of amides is 1. The summed E-state index contributed by atoms with van der Waals surface area (Å²) in [5.41, 5.74) is -0.0767. The zero-order valence-electron chi connectivity index (χ0n) is 17.0. The fourth-order valence-electron chi connectivity index (χ4n) is 4.74. The number of hydrogen-bond acceptors (Lipinski definition) is 4. The number of nitrogens with zero attached hydrogens (tertiary/aromatic N) is 1. The van der Waals surface area contributed by atoms with Gasteiger partial charge in [0.25, 0.3) is 0 Å². The van der Waals surface area contributed by atoms with E-state index in [1.807, 2.05) is 0 Å². The molecule has 3 saturated heterocycles. The predicted molar refractivity (Wildman–Crippen MR) is 105 cm³/mol. The van der Waals surface area contributed by atoms with Crippen LogP contribution in [-0.4, -0.2) is 54.9 Å². The van der Waals surface area contributed by atoms with E-state index in [0.29, 0.717) is 25.3 Å². The van der Waals surface area contributed by atoms with Crippen molar-refractivity contribution in [2.75, 3.05) is 26.2 Å². The third-order valence-corrected chi connectivity index (χ3v) is 6.49. The SMILES string of the molecule is O=C(NC[C@@H]1CCC2(CCN(Cc3cccc(C(F)(F)F)c3)CC2)O1)[C@@H]1CCCO1. The first-order chi connectivity index (χ1) is 14.3. The predicted octanol–water partition coefficient (Wildman–Crippen LogP) is 3.51. The largest absolute Gasteiger partial charge is 0.416 e. The third-order valence-electron chi connectivity index (χ3n) is 6.49. The lowest BCUT2D eigenvalue weighted by Gasteiger charge is -2.39. The van der Waals surface area contributed by atoms with Crippen molar-refractivity contribution in [2.45, 2.75) is 69.1 Å². The first-order valence-corrected chi connectivity index (χ1v) is 10.8. The highest BCUT2D eigenvalue weighted by molar-refractivity contribution is 5.80. The van der Waals surface area contributed by atoms with Gasteiger partial charge in [0.05, 0.1) is 17.3 Å². The Morgan fingerprint density at radius 2 is 2.00 bits per heavy atom. The van der Waals surface area contributed by atoms with Gasteiger partial charge < -0.3 is 14.8 Å². The minimum Gasteiger partial charge on any atom is -0.370 e. The van der Waals surface area contributed by atoms with Crippen LogP contribution in [0.1, 0.15) is 49.7 Å². The van der Waals surface area contributed by atoms with Gasteiger partial charge in [-0.1, -0.05) is 18.2 Å². The number of carbonyl (C=O) groups excluding carboxylic acids is 1. The van der Waals surface area contributed by atoms with E-state index in [0.717, 1.165) is 57.7 Å². The van der Waals surface area contributed by atoms with Gasteiger partial charge in [-0.05, 0) is 50.2 Å². The normalized spacial score (nSPS) is 26.9. The second kappa shape index (κ2) is 8.85. The zero-order chi connectivity index (χ0) is 21.2. The number of piperidine rings is 1. The fraction of sp³-hybridized carbons (Fsp3) is 0.682. The molecule has 0 aliphatic carbocycles. The summed E-state index contributed by atoms with van der Waals surface area (Å²) >= 11 is 0. The standard InChI is InChI=1S/C22H29F3N2O3/c23-22(24,25)17-4-1-3-16(13-17)15-27-10-8-21(9-11-27)7-6-18(30-21)14-26-20(28)19-5-2-12-29-19/h1,3-4,13,18-19H,2,5-12,14-15H2,(H,26,28)/t18-,19-/m0/s1. The molecule has 0 unspecified atom stereocenters. The summed E-state index contributed by atoms with van der Waals surface area (Å²) in [5.74, 6) is -0.0482. The summed E-state index contributed by atoms with van der Waals surface area (Å²) in [6.45, 7) is 3.27. The number of carbonyl (C=O) groups is 1. The van der Waals surface area contributed by atoms with E-state index in [1.165, 1.54) is 12.1 Å². The van der Waals surface area contributed by atoms with Crippen LogP contribution in [0.25, 0.3) is 0 Å². The molecule has 3 aliphatic rings. The summed E-state index contributed by atoms with van der Waals surface area (Å²) in [6, 6.07) is 5.57. The lowest BCUT2D eigenvalue weighted by molar-refractivity contribution is -0.137. The summed E-state index contributed by atoms with van der Waals surface area (Å²) in [6.07, 6.45) is 0.703. The highest BCUT2D eigenvalue weighted by Gasteiger charge is 2.42. The van der Waals surface area contributed by atoms with Crippen LogP contribution in [0.5, 0.6) is 0 Å². The average Bonchev–Trinajstić information content (AvgIpc) is 3.39. The fourth-order valence-corrected chi connectivity index (χ4v) is 4.74. The molecule has 30 heavy (non-hydrogen) atoms. The maximum atomic E-state index is 12.9. The van der Waals surface area contributed by atoms with Gasteiger partial charge >= 0.3 is 6.18 Å². The maximum absolute atomic E-state index is 12.9. The molecular weight excluding hydrogens is 397 g/mol. The van der Waals surface area contributed by atoms with Crippen molar-refractivity contribution in [1.82, 2.24) is 10.2 Å². The molecule has 5 nitrogen and oxygen atoms in total. The van der Waals surface area contributed by atoms with E-state index in [4.69, 9.17) is 9.47 Å². The molecule has 1 spiro atoms. The molecule has 1 N–H and O–H groups in total. The lowest BCUT2D eigenvalue weighted by Crippen LogP contribution is -2.45. The molecule has 1 aromatic carbocycles. The molecule has 0 aromatic heterocycles. The van der Waals surface area contributed by atoms with Crippen LogP contribution in [0.4, 0.5) is 13.2 Å². The number of alkyl halides is 3. The number of hydrogen-bond donors (Lipinski definition) is 1. The highest BCUT2D eigenvalue weighted by Crippen LogP contribution is 2.39. The van der Waals surface area contributed by atoms with Crippen molar-refractivity contribution in [3.8, 4) is 0 Å². The molecule has 3 heterocycles. The summed E-state index contributed by atoms with van der Waals surface area (Å²) in [4.78, 5) is 14.3. The topological polar surface area (TPSA) is 50.8 Å². The molecule has 3 fully saturated rings. The monoisotopic (exact) mass is 426 g/mol. The van der Waals surface area contributed by atoms with Gasteiger partial charge in [0, 0.05) is 32.8 Å². The Morgan fingerprint density at radius 1 is 1.20 bits per heavy atom. The van der Waals surface area contributed by atoms with Gasteiger partial charge in [-0.2, -0.15) is 13.2 Å². The van der Waals surface area contributed by atoms with Crippen molar-refractivity contribution in [1.29, 1.82) is 0 Å². The van der Waals surface area contributed by atoms with Gasteiger partial charge in [-0.15, -0.1) is 0 Å².